The number of piperidine rings is 1. The van der Waals surface area contributed by atoms with Crippen LogP contribution in [0.3, 0.4) is 0 Å². The van der Waals surface area contributed by atoms with Gasteiger partial charge in [-0.05, 0) is 45.0 Å². The quantitative estimate of drug-likeness (QED) is 0.666. The maximum atomic E-state index is 12.3. The summed E-state index contributed by atoms with van der Waals surface area (Å²) < 4.78 is 5.46. The van der Waals surface area contributed by atoms with Crippen molar-refractivity contribution in [3.05, 3.63) is 35.4 Å². The molecule has 1 heterocycles. The molecule has 3 N–H and O–H groups in total. The van der Waals surface area contributed by atoms with Gasteiger partial charge in [0.25, 0.3) is 11.8 Å². The Morgan fingerprint density at radius 1 is 1.12 bits per heavy atom. The molecular weight excluding hydrogens is 330 g/mol. The van der Waals surface area contributed by atoms with Crippen LogP contribution in [0.15, 0.2) is 24.3 Å². The van der Waals surface area contributed by atoms with Crippen molar-refractivity contribution in [2.75, 3.05) is 33.3 Å². The first-order valence-electron chi connectivity index (χ1n) is 7.96. The molecular formula is C17H26ClN3O3. The van der Waals surface area contributed by atoms with Crippen molar-refractivity contribution >= 4 is 24.2 Å². The molecule has 0 saturated carbocycles. The summed E-state index contributed by atoms with van der Waals surface area (Å²) in [5, 5.41) is 8.87. The minimum atomic E-state index is -0.744. The highest BCUT2D eigenvalue weighted by atomic mass is 35.5. The largest absolute Gasteiger partial charge is 0.368 e. The summed E-state index contributed by atoms with van der Waals surface area (Å²) in [6.45, 7) is 4.28. The van der Waals surface area contributed by atoms with Crippen molar-refractivity contribution in [1.29, 1.82) is 0 Å². The van der Waals surface area contributed by atoms with Crippen LogP contribution in [-0.2, 0) is 9.53 Å². The summed E-state index contributed by atoms with van der Waals surface area (Å²) in [7, 11) is 1.57. The van der Waals surface area contributed by atoms with E-state index in [0.29, 0.717) is 31.5 Å². The summed E-state index contributed by atoms with van der Waals surface area (Å²) >= 11 is 0. The highest BCUT2D eigenvalue weighted by Crippen LogP contribution is 2.22. The Balaban J connectivity index is 0.00000288. The molecule has 1 aliphatic rings. The Morgan fingerprint density at radius 3 is 2.29 bits per heavy atom. The molecule has 7 heteroatoms. The van der Waals surface area contributed by atoms with Gasteiger partial charge in [0.2, 0.25) is 0 Å². The van der Waals surface area contributed by atoms with Crippen molar-refractivity contribution < 1.29 is 14.3 Å². The van der Waals surface area contributed by atoms with Gasteiger partial charge in [-0.3, -0.25) is 9.59 Å². The second-order valence-corrected chi connectivity index (χ2v) is 5.83. The van der Waals surface area contributed by atoms with E-state index in [0.717, 1.165) is 18.7 Å². The molecule has 2 rings (SSSR count). The average molecular weight is 356 g/mol. The molecule has 0 unspecified atom stereocenters. The number of benzene rings is 1. The minimum Gasteiger partial charge on any atom is -0.368 e. The van der Waals surface area contributed by atoms with Gasteiger partial charge in [-0.25, -0.2) is 0 Å². The molecule has 1 aliphatic heterocycles. The zero-order chi connectivity index (χ0) is 16.7. The monoisotopic (exact) mass is 355 g/mol. The number of methoxy groups -OCH3 is 1. The van der Waals surface area contributed by atoms with Crippen LogP contribution in [0.4, 0.5) is 0 Å². The van der Waals surface area contributed by atoms with Gasteiger partial charge in [-0.1, -0.05) is 17.7 Å². The number of rotatable bonds is 6. The lowest BCUT2D eigenvalue weighted by Crippen LogP contribution is -2.54. The Bertz CT molecular complexity index is 543. The van der Waals surface area contributed by atoms with Crippen molar-refractivity contribution in [2.45, 2.75) is 25.4 Å². The van der Waals surface area contributed by atoms with E-state index >= 15 is 0 Å². The predicted molar refractivity (Wildman–Crippen MR) is 95.6 cm³/mol. The van der Waals surface area contributed by atoms with Crippen LogP contribution in [0.5, 0.6) is 0 Å². The SMILES string of the molecule is COC1(C(=O)NCCNC(=O)c2ccc(C)cc2)CCNCC1.Cl. The van der Waals surface area contributed by atoms with E-state index in [1.807, 2.05) is 19.1 Å². The molecule has 1 saturated heterocycles. The third-order valence-corrected chi connectivity index (χ3v) is 4.23. The second kappa shape index (κ2) is 9.61. The van der Waals surface area contributed by atoms with Gasteiger partial charge in [0.05, 0.1) is 0 Å². The number of carbonyl (C=O) groups is 2. The second-order valence-electron chi connectivity index (χ2n) is 5.83. The maximum absolute atomic E-state index is 12.3. The number of amides is 2. The van der Waals surface area contributed by atoms with Crippen LogP contribution in [0.1, 0.15) is 28.8 Å². The summed E-state index contributed by atoms with van der Waals surface area (Å²) in [6.07, 6.45) is 1.32. The van der Waals surface area contributed by atoms with Crippen molar-refractivity contribution in [3.63, 3.8) is 0 Å². The number of halogens is 1. The molecule has 0 aromatic heterocycles. The molecule has 2 amide bonds. The molecule has 1 aromatic rings. The van der Waals surface area contributed by atoms with Crippen LogP contribution in [0, 0.1) is 6.92 Å². The summed E-state index contributed by atoms with van der Waals surface area (Å²) in [4.78, 5) is 24.3. The van der Waals surface area contributed by atoms with Gasteiger partial charge in [0.15, 0.2) is 0 Å². The van der Waals surface area contributed by atoms with E-state index in [-0.39, 0.29) is 24.2 Å². The Labute approximate surface area is 149 Å². The first-order chi connectivity index (χ1) is 11.1. The van der Waals surface area contributed by atoms with Gasteiger partial charge in [-0.15, -0.1) is 12.4 Å². The standard InChI is InChI=1S/C17H25N3O3.ClH/c1-13-3-5-14(6-4-13)15(21)19-11-12-20-16(22)17(23-2)7-9-18-10-8-17;/h3-6,18H,7-12H2,1-2H3,(H,19,21)(H,20,22);1H. The smallest absolute Gasteiger partial charge is 0.252 e. The lowest BCUT2D eigenvalue weighted by molar-refractivity contribution is -0.146. The fourth-order valence-corrected chi connectivity index (χ4v) is 2.67. The third-order valence-electron chi connectivity index (χ3n) is 4.23. The van der Waals surface area contributed by atoms with Gasteiger partial charge < -0.3 is 20.7 Å². The van der Waals surface area contributed by atoms with Crippen LogP contribution in [0.25, 0.3) is 0 Å². The average Bonchev–Trinajstić information content (AvgIpc) is 2.59. The van der Waals surface area contributed by atoms with E-state index < -0.39 is 5.60 Å². The molecule has 0 bridgehead atoms. The summed E-state index contributed by atoms with van der Waals surface area (Å²) in [5.41, 5.74) is 0.987. The Hall–Kier alpha value is -1.63. The van der Waals surface area contributed by atoms with Crippen LogP contribution < -0.4 is 16.0 Å². The zero-order valence-electron chi connectivity index (χ0n) is 14.2. The number of ether oxygens (including phenoxy) is 1. The highest BCUT2D eigenvalue weighted by molar-refractivity contribution is 5.94. The predicted octanol–water partition coefficient (Wildman–Crippen LogP) is 1.03. The lowest BCUT2D eigenvalue weighted by atomic mass is 9.91. The van der Waals surface area contributed by atoms with Gasteiger partial charge in [-0.2, -0.15) is 0 Å². The number of hydrogen-bond acceptors (Lipinski definition) is 4. The van der Waals surface area contributed by atoms with E-state index in [4.69, 9.17) is 4.74 Å². The zero-order valence-corrected chi connectivity index (χ0v) is 15.0. The molecule has 24 heavy (non-hydrogen) atoms. The van der Waals surface area contributed by atoms with E-state index in [1.165, 1.54) is 0 Å². The van der Waals surface area contributed by atoms with E-state index in [1.54, 1.807) is 19.2 Å². The maximum Gasteiger partial charge on any atom is 0.252 e. The molecule has 1 aromatic carbocycles. The number of nitrogens with one attached hydrogen (secondary N) is 3. The highest BCUT2D eigenvalue weighted by Gasteiger charge is 2.39. The Morgan fingerprint density at radius 2 is 1.71 bits per heavy atom. The first-order valence-corrected chi connectivity index (χ1v) is 7.96. The minimum absolute atomic E-state index is 0. The number of hydrogen-bond donors (Lipinski definition) is 3. The molecule has 0 atom stereocenters. The van der Waals surface area contributed by atoms with Gasteiger partial charge >= 0.3 is 0 Å². The topological polar surface area (TPSA) is 79.5 Å². The van der Waals surface area contributed by atoms with E-state index in [2.05, 4.69) is 16.0 Å². The molecule has 134 valence electrons. The first kappa shape index (κ1) is 20.4. The molecule has 0 spiro atoms. The van der Waals surface area contributed by atoms with Gasteiger partial charge in [0, 0.05) is 25.8 Å². The normalized spacial score (nSPS) is 15.9. The molecule has 1 fully saturated rings. The summed E-state index contributed by atoms with van der Waals surface area (Å²) in [6, 6.07) is 7.38. The molecule has 0 radical (unpaired) electrons. The van der Waals surface area contributed by atoms with Crippen molar-refractivity contribution in [3.8, 4) is 0 Å². The third kappa shape index (κ3) is 5.19. The van der Waals surface area contributed by atoms with E-state index in [9.17, 15) is 9.59 Å². The summed E-state index contributed by atoms with van der Waals surface area (Å²) in [5.74, 6) is -0.242. The Kier molecular flexibility index (Phi) is 8.18. The lowest BCUT2D eigenvalue weighted by Gasteiger charge is -2.34. The van der Waals surface area contributed by atoms with Crippen LogP contribution >= 0.6 is 12.4 Å². The fraction of sp³-hybridized carbons (Fsp3) is 0.529. The van der Waals surface area contributed by atoms with Crippen LogP contribution in [0.2, 0.25) is 0 Å². The van der Waals surface area contributed by atoms with Crippen molar-refractivity contribution in [2.24, 2.45) is 0 Å². The van der Waals surface area contributed by atoms with Crippen LogP contribution in [-0.4, -0.2) is 50.7 Å². The van der Waals surface area contributed by atoms with Crippen molar-refractivity contribution in [1.82, 2.24) is 16.0 Å². The number of carbonyl (C=O) groups excluding carboxylic acids is 2. The number of aryl methyl sites for hydroxylation is 1. The molecule has 6 nitrogen and oxygen atoms in total. The van der Waals surface area contributed by atoms with Gasteiger partial charge in [0.1, 0.15) is 5.60 Å². The molecule has 0 aliphatic carbocycles. The fourth-order valence-electron chi connectivity index (χ4n) is 2.67.